The third-order valence-corrected chi connectivity index (χ3v) is 3.79. The van der Waals surface area contributed by atoms with Gasteiger partial charge in [0.05, 0.1) is 11.8 Å². The Kier molecular flexibility index (Phi) is 5.47. The van der Waals surface area contributed by atoms with Gasteiger partial charge in [-0.1, -0.05) is 52.0 Å². The van der Waals surface area contributed by atoms with E-state index >= 15 is 0 Å². The lowest BCUT2D eigenvalue weighted by Crippen LogP contribution is -2.27. The minimum atomic E-state index is -0.982. The maximum Gasteiger partial charge on any atom is 0.307 e. The van der Waals surface area contributed by atoms with Crippen LogP contribution in [0.25, 0.3) is 0 Å². The first kappa shape index (κ1) is 17.1. The van der Waals surface area contributed by atoms with E-state index in [-0.39, 0.29) is 12.0 Å². The summed E-state index contributed by atoms with van der Waals surface area (Å²) in [6.07, 6.45) is 0.370. The third-order valence-electron chi connectivity index (χ3n) is 3.79. The molecule has 5 nitrogen and oxygen atoms in total. The van der Waals surface area contributed by atoms with Gasteiger partial charge in [0, 0.05) is 4.92 Å². The highest BCUT2D eigenvalue weighted by Gasteiger charge is 2.32. The van der Waals surface area contributed by atoms with E-state index in [9.17, 15) is 20.0 Å². The van der Waals surface area contributed by atoms with Crippen molar-refractivity contribution in [1.29, 1.82) is 0 Å². The van der Waals surface area contributed by atoms with E-state index in [0.717, 1.165) is 5.56 Å². The summed E-state index contributed by atoms with van der Waals surface area (Å²) in [4.78, 5) is 21.8. The van der Waals surface area contributed by atoms with Crippen molar-refractivity contribution in [2.24, 2.45) is 5.92 Å². The molecule has 0 radical (unpaired) electrons. The van der Waals surface area contributed by atoms with Crippen LogP contribution in [0.15, 0.2) is 24.3 Å². The number of benzene rings is 1. The molecule has 2 atom stereocenters. The topological polar surface area (TPSA) is 80.4 Å². The summed E-state index contributed by atoms with van der Waals surface area (Å²) in [7, 11) is 0. The highest BCUT2D eigenvalue weighted by Crippen LogP contribution is 2.30. The highest BCUT2D eigenvalue weighted by molar-refractivity contribution is 5.71. The molecular formula is C16H23NO4. The minimum Gasteiger partial charge on any atom is -0.481 e. The molecular weight excluding hydrogens is 270 g/mol. The Morgan fingerprint density at radius 3 is 2.14 bits per heavy atom. The first-order valence-corrected chi connectivity index (χ1v) is 7.11. The molecule has 116 valence electrons. The molecule has 0 aliphatic heterocycles. The van der Waals surface area contributed by atoms with Gasteiger partial charge in [-0.3, -0.25) is 14.9 Å². The molecule has 1 aromatic rings. The van der Waals surface area contributed by atoms with Crippen molar-refractivity contribution in [2.75, 3.05) is 6.54 Å². The predicted octanol–water partition coefficient (Wildman–Crippen LogP) is 3.46. The summed E-state index contributed by atoms with van der Waals surface area (Å²) in [5, 5.41) is 20.1. The largest absolute Gasteiger partial charge is 0.481 e. The van der Waals surface area contributed by atoms with Crippen molar-refractivity contribution >= 4 is 5.97 Å². The van der Waals surface area contributed by atoms with Gasteiger partial charge in [-0.2, -0.15) is 0 Å². The van der Waals surface area contributed by atoms with E-state index in [0.29, 0.717) is 12.0 Å². The summed E-state index contributed by atoms with van der Waals surface area (Å²) >= 11 is 0. The fraction of sp³-hybridized carbons (Fsp3) is 0.562. The SMILES string of the molecule is CCC(C(=O)O)C(C[N+](=O)[O-])c1ccc(C(C)(C)C)cc1. The summed E-state index contributed by atoms with van der Waals surface area (Å²) in [6, 6.07) is 7.49. The number of aliphatic carboxylic acids is 1. The van der Waals surface area contributed by atoms with Crippen LogP contribution in [0.4, 0.5) is 0 Å². The van der Waals surface area contributed by atoms with Gasteiger partial charge in [-0.15, -0.1) is 0 Å². The molecule has 1 aromatic carbocycles. The zero-order chi connectivity index (χ0) is 16.2. The van der Waals surface area contributed by atoms with Gasteiger partial charge in [0.1, 0.15) is 0 Å². The molecule has 0 heterocycles. The number of carboxylic acid groups (broad SMARTS) is 1. The second-order valence-electron chi connectivity index (χ2n) is 6.35. The molecule has 0 spiro atoms. The first-order valence-electron chi connectivity index (χ1n) is 7.11. The summed E-state index contributed by atoms with van der Waals surface area (Å²) in [5.74, 6) is -2.32. The average Bonchev–Trinajstić information content (AvgIpc) is 2.36. The van der Waals surface area contributed by atoms with E-state index in [4.69, 9.17) is 0 Å². The van der Waals surface area contributed by atoms with Crippen LogP contribution in [0, 0.1) is 16.0 Å². The second kappa shape index (κ2) is 6.70. The Hall–Kier alpha value is -1.91. The van der Waals surface area contributed by atoms with E-state index in [1.165, 1.54) is 0 Å². The van der Waals surface area contributed by atoms with Crippen LogP contribution in [0.2, 0.25) is 0 Å². The molecule has 0 saturated heterocycles. The Morgan fingerprint density at radius 2 is 1.81 bits per heavy atom. The third kappa shape index (κ3) is 4.55. The number of rotatable bonds is 6. The van der Waals surface area contributed by atoms with Crippen LogP contribution in [0.1, 0.15) is 51.2 Å². The fourth-order valence-electron chi connectivity index (χ4n) is 2.49. The van der Waals surface area contributed by atoms with Gasteiger partial charge in [0.15, 0.2) is 0 Å². The van der Waals surface area contributed by atoms with E-state index in [2.05, 4.69) is 20.8 Å². The molecule has 2 unspecified atom stereocenters. The van der Waals surface area contributed by atoms with Gasteiger partial charge >= 0.3 is 5.97 Å². The van der Waals surface area contributed by atoms with Gasteiger partial charge in [0.2, 0.25) is 6.54 Å². The first-order chi connectivity index (χ1) is 9.66. The summed E-state index contributed by atoms with van der Waals surface area (Å²) < 4.78 is 0. The molecule has 0 aromatic heterocycles. The Labute approximate surface area is 125 Å². The fourth-order valence-corrected chi connectivity index (χ4v) is 2.49. The van der Waals surface area contributed by atoms with Crippen LogP contribution in [0.5, 0.6) is 0 Å². The van der Waals surface area contributed by atoms with Crippen molar-refractivity contribution < 1.29 is 14.8 Å². The highest BCUT2D eigenvalue weighted by atomic mass is 16.6. The Balaban J connectivity index is 3.14. The lowest BCUT2D eigenvalue weighted by molar-refractivity contribution is -0.484. The van der Waals surface area contributed by atoms with Crippen molar-refractivity contribution in [3.63, 3.8) is 0 Å². The van der Waals surface area contributed by atoms with Crippen LogP contribution in [-0.2, 0) is 10.2 Å². The predicted molar refractivity (Wildman–Crippen MR) is 81.2 cm³/mol. The number of hydrogen-bond donors (Lipinski definition) is 1. The van der Waals surface area contributed by atoms with Gasteiger partial charge in [-0.05, 0) is 23.0 Å². The molecule has 0 fully saturated rings. The molecule has 0 aliphatic rings. The van der Waals surface area contributed by atoms with Crippen molar-refractivity contribution in [1.82, 2.24) is 0 Å². The number of nitro groups is 1. The van der Waals surface area contributed by atoms with Crippen molar-refractivity contribution in [2.45, 2.75) is 45.4 Å². The van der Waals surface area contributed by atoms with Crippen LogP contribution >= 0.6 is 0 Å². The normalized spacial score (nSPS) is 14.5. The average molecular weight is 293 g/mol. The smallest absolute Gasteiger partial charge is 0.307 e. The molecule has 5 heteroatoms. The van der Waals surface area contributed by atoms with E-state index < -0.39 is 22.7 Å². The van der Waals surface area contributed by atoms with Crippen LogP contribution < -0.4 is 0 Å². The van der Waals surface area contributed by atoms with E-state index in [1.807, 2.05) is 24.3 Å². The Bertz CT molecular complexity index is 502. The molecule has 0 amide bonds. The quantitative estimate of drug-likeness (QED) is 0.643. The molecule has 0 aliphatic carbocycles. The summed E-state index contributed by atoms with van der Waals surface area (Å²) in [6.45, 7) is 7.64. The number of carbonyl (C=O) groups is 1. The van der Waals surface area contributed by atoms with Crippen molar-refractivity contribution in [3.8, 4) is 0 Å². The lowest BCUT2D eigenvalue weighted by atomic mass is 9.81. The lowest BCUT2D eigenvalue weighted by Gasteiger charge is -2.23. The van der Waals surface area contributed by atoms with Gasteiger partial charge in [0.25, 0.3) is 0 Å². The molecule has 0 saturated carbocycles. The molecule has 1 N–H and O–H groups in total. The standard InChI is InChI=1S/C16H23NO4/c1-5-13(15(18)19)14(10-17(20)21)11-6-8-12(9-7-11)16(2,3)4/h6-9,13-14H,5,10H2,1-4H3,(H,18,19). The second-order valence-corrected chi connectivity index (χ2v) is 6.35. The summed E-state index contributed by atoms with van der Waals surface area (Å²) in [5.41, 5.74) is 1.83. The molecule has 1 rings (SSSR count). The maximum absolute atomic E-state index is 11.3. The number of nitrogens with zero attached hydrogens (tertiary/aromatic N) is 1. The van der Waals surface area contributed by atoms with Crippen molar-refractivity contribution in [3.05, 3.63) is 45.5 Å². The number of hydrogen-bond acceptors (Lipinski definition) is 3. The van der Waals surface area contributed by atoms with Gasteiger partial charge < -0.3 is 5.11 Å². The maximum atomic E-state index is 11.3. The molecule has 0 bridgehead atoms. The molecule has 21 heavy (non-hydrogen) atoms. The zero-order valence-corrected chi connectivity index (χ0v) is 13.0. The zero-order valence-electron chi connectivity index (χ0n) is 13.0. The minimum absolute atomic E-state index is 0.00587. The van der Waals surface area contributed by atoms with E-state index in [1.54, 1.807) is 6.92 Å². The monoisotopic (exact) mass is 293 g/mol. The van der Waals surface area contributed by atoms with Crippen LogP contribution in [0.3, 0.4) is 0 Å². The Morgan fingerprint density at radius 1 is 1.29 bits per heavy atom. The van der Waals surface area contributed by atoms with Gasteiger partial charge in [-0.25, -0.2) is 0 Å². The van der Waals surface area contributed by atoms with Crippen LogP contribution in [-0.4, -0.2) is 22.5 Å². The number of carboxylic acids is 1.